The van der Waals surface area contributed by atoms with Crippen molar-refractivity contribution in [3.8, 4) is 5.75 Å². The SMILES string of the molecule is COc1cc2ccc(CC[C@@]34CC[C@@H]3[C@@H](n3ccc5c(N)ncnc53)[C@H](O)[C@@H]4O)cc2nc1N. The average molecular weight is 461 g/mol. The Morgan fingerprint density at radius 1 is 1.15 bits per heavy atom. The van der Waals surface area contributed by atoms with E-state index in [0.29, 0.717) is 23.0 Å². The van der Waals surface area contributed by atoms with Gasteiger partial charge in [0.2, 0.25) is 0 Å². The van der Waals surface area contributed by atoms with Gasteiger partial charge in [0.15, 0.2) is 11.6 Å². The van der Waals surface area contributed by atoms with Crippen LogP contribution in [0.5, 0.6) is 5.75 Å². The second-order valence-electron chi connectivity index (χ2n) is 9.63. The second-order valence-corrected chi connectivity index (χ2v) is 9.63. The summed E-state index contributed by atoms with van der Waals surface area (Å²) >= 11 is 0. The van der Waals surface area contributed by atoms with E-state index >= 15 is 0 Å². The molecule has 0 saturated heterocycles. The topological polar surface area (TPSA) is 145 Å². The van der Waals surface area contributed by atoms with Crippen molar-refractivity contribution < 1.29 is 14.9 Å². The number of aliphatic hydroxyl groups excluding tert-OH is 2. The molecule has 34 heavy (non-hydrogen) atoms. The van der Waals surface area contributed by atoms with Crippen LogP contribution in [0.3, 0.4) is 0 Å². The lowest BCUT2D eigenvalue weighted by Crippen LogP contribution is -2.46. The van der Waals surface area contributed by atoms with Crippen LogP contribution in [0.15, 0.2) is 42.9 Å². The maximum absolute atomic E-state index is 11.2. The molecule has 9 heteroatoms. The van der Waals surface area contributed by atoms with Gasteiger partial charge >= 0.3 is 0 Å². The number of nitrogen functional groups attached to an aromatic ring is 2. The highest BCUT2D eigenvalue weighted by molar-refractivity contribution is 5.86. The number of anilines is 2. The maximum Gasteiger partial charge on any atom is 0.166 e. The molecule has 5 atom stereocenters. The first-order chi connectivity index (χ1) is 16.4. The monoisotopic (exact) mass is 460 g/mol. The van der Waals surface area contributed by atoms with Crippen molar-refractivity contribution in [2.75, 3.05) is 18.6 Å². The molecule has 0 aliphatic heterocycles. The van der Waals surface area contributed by atoms with Gasteiger partial charge in [0, 0.05) is 17.0 Å². The summed E-state index contributed by atoms with van der Waals surface area (Å²) < 4.78 is 7.25. The molecule has 4 aromatic rings. The van der Waals surface area contributed by atoms with Crippen LogP contribution in [0.1, 0.15) is 30.9 Å². The molecule has 1 aromatic carbocycles. The molecule has 0 amide bonds. The molecule has 3 heterocycles. The molecule has 2 aliphatic carbocycles. The zero-order valence-corrected chi connectivity index (χ0v) is 18.9. The molecule has 176 valence electrons. The molecule has 0 spiro atoms. The Balaban J connectivity index is 1.28. The fourth-order valence-corrected chi connectivity index (χ4v) is 6.28. The number of nitrogens with zero attached hydrogens (tertiary/aromatic N) is 4. The molecular formula is C25H28N6O3. The van der Waals surface area contributed by atoms with Gasteiger partial charge in [-0.15, -0.1) is 0 Å². The molecule has 2 fully saturated rings. The molecule has 0 radical (unpaired) electrons. The van der Waals surface area contributed by atoms with Crippen LogP contribution in [0.2, 0.25) is 0 Å². The Bertz CT molecular complexity index is 1400. The van der Waals surface area contributed by atoms with Gasteiger partial charge in [-0.2, -0.15) is 0 Å². The zero-order chi connectivity index (χ0) is 23.6. The van der Waals surface area contributed by atoms with Crippen molar-refractivity contribution in [2.45, 2.75) is 43.9 Å². The molecular weight excluding hydrogens is 432 g/mol. The van der Waals surface area contributed by atoms with E-state index in [-0.39, 0.29) is 17.4 Å². The number of fused-ring (bicyclic) bond motifs is 3. The molecule has 6 N–H and O–H groups in total. The van der Waals surface area contributed by atoms with E-state index in [1.165, 1.54) is 6.33 Å². The largest absolute Gasteiger partial charge is 0.493 e. The smallest absolute Gasteiger partial charge is 0.166 e. The Kier molecular flexibility index (Phi) is 4.69. The van der Waals surface area contributed by atoms with E-state index < -0.39 is 12.2 Å². The predicted octanol–water partition coefficient (Wildman–Crippen LogP) is 2.46. The van der Waals surface area contributed by atoms with Crippen molar-refractivity contribution in [3.05, 3.63) is 48.4 Å². The highest BCUT2D eigenvalue weighted by Gasteiger charge is 2.64. The summed E-state index contributed by atoms with van der Waals surface area (Å²) in [6, 6.07) is 9.67. The molecule has 0 bridgehead atoms. The van der Waals surface area contributed by atoms with Gasteiger partial charge in [0.25, 0.3) is 0 Å². The zero-order valence-electron chi connectivity index (χ0n) is 18.9. The first-order valence-corrected chi connectivity index (χ1v) is 11.6. The second kappa shape index (κ2) is 7.54. The van der Waals surface area contributed by atoms with Crippen molar-refractivity contribution in [1.29, 1.82) is 0 Å². The Hall–Kier alpha value is -3.43. The van der Waals surface area contributed by atoms with Crippen LogP contribution in [0, 0.1) is 11.3 Å². The summed E-state index contributed by atoms with van der Waals surface area (Å²) in [6.07, 6.45) is 5.07. The molecule has 3 aromatic heterocycles. The lowest BCUT2D eigenvalue weighted by atomic mass is 9.58. The number of hydrogen-bond acceptors (Lipinski definition) is 8. The fraction of sp³-hybridized carbons (Fsp3) is 0.400. The summed E-state index contributed by atoms with van der Waals surface area (Å²) in [6.45, 7) is 0. The van der Waals surface area contributed by atoms with Gasteiger partial charge in [0.05, 0.1) is 30.2 Å². The lowest BCUT2D eigenvalue weighted by Gasteiger charge is -2.48. The summed E-state index contributed by atoms with van der Waals surface area (Å²) in [5.74, 6) is 1.50. The summed E-state index contributed by atoms with van der Waals surface area (Å²) in [7, 11) is 1.58. The quantitative estimate of drug-likeness (QED) is 0.355. The Morgan fingerprint density at radius 2 is 2.00 bits per heavy atom. The first-order valence-electron chi connectivity index (χ1n) is 11.6. The minimum atomic E-state index is -0.871. The standard InChI is InChI=1S/C25H28N6O3/c1-34-18-11-14-3-2-13(10-17(14)30-23(18)27)4-7-25-8-5-16(25)19(20(32)21(25)33)31-9-6-15-22(26)28-12-29-24(15)31/h2-3,6,9-12,16,19-21,32-33H,4-5,7-8H2,1H3,(H2,27,30)(H2,26,28,29)/t16-,19-,20+,21+,25-/m1/s1. The maximum atomic E-state index is 11.2. The van der Waals surface area contributed by atoms with Crippen molar-refractivity contribution in [2.24, 2.45) is 11.3 Å². The van der Waals surface area contributed by atoms with Crippen LogP contribution in [0.4, 0.5) is 11.6 Å². The third kappa shape index (κ3) is 2.90. The van der Waals surface area contributed by atoms with Crippen LogP contribution < -0.4 is 16.2 Å². The van der Waals surface area contributed by atoms with E-state index in [1.54, 1.807) is 7.11 Å². The van der Waals surface area contributed by atoms with Gasteiger partial charge in [-0.05, 0) is 55.4 Å². The van der Waals surface area contributed by atoms with Gasteiger partial charge in [0.1, 0.15) is 23.9 Å². The normalized spacial score (nSPS) is 28.2. The van der Waals surface area contributed by atoms with Crippen molar-refractivity contribution in [3.63, 3.8) is 0 Å². The van der Waals surface area contributed by atoms with Crippen LogP contribution in [-0.4, -0.2) is 49.0 Å². The van der Waals surface area contributed by atoms with E-state index in [2.05, 4.69) is 21.0 Å². The number of aryl methyl sites for hydroxylation is 1. The van der Waals surface area contributed by atoms with Crippen molar-refractivity contribution in [1.82, 2.24) is 19.5 Å². The van der Waals surface area contributed by atoms with Gasteiger partial charge in [-0.1, -0.05) is 12.1 Å². The lowest BCUT2D eigenvalue weighted by molar-refractivity contribution is -0.0742. The fourth-order valence-electron chi connectivity index (χ4n) is 6.28. The Labute approximate surface area is 196 Å². The number of nitrogens with two attached hydrogens (primary N) is 2. The third-order valence-corrected chi connectivity index (χ3v) is 8.17. The van der Waals surface area contributed by atoms with E-state index in [4.69, 9.17) is 16.2 Å². The predicted molar refractivity (Wildman–Crippen MR) is 129 cm³/mol. The third-order valence-electron chi connectivity index (χ3n) is 8.17. The van der Waals surface area contributed by atoms with E-state index in [9.17, 15) is 10.2 Å². The number of methoxy groups -OCH3 is 1. The number of hydrogen-bond donors (Lipinski definition) is 4. The van der Waals surface area contributed by atoms with Crippen LogP contribution in [-0.2, 0) is 6.42 Å². The van der Waals surface area contributed by atoms with E-state index in [0.717, 1.165) is 47.5 Å². The van der Waals surface area contributed by atoms with Gasteiger partial charge in [-0.25, -0.2) is 15.0 Å². The number of ether oxygens (including phenoxy) is 1. The summed E-state index contributed by atoms with van der Waals surface area (Å²) in [5, 5.41) is 24.1. The summed E-state index contributed by atoms with van der Waals surface area (Å²) in [5.41, 5.74) is 14.3. The minimum absolute atomic E-state index is 0.155. The average Bonchev–Trinajstić information content (AvgIpc) is 3.30. The van der Waals surface area contributed by atoms with Gasteiger partial charge < -0.3 is 31.0 Å². The number of aliphatic hydroxyl groups is 2. The first kappa shape index (κ1) is 21.1. The Morgan fingerprint density at radius 3 is 2.76 bits per heavy atom. The van der Waals surface area contributed by atoms with Gasteiger partial charge in [-0.3, -0.25) is 0 Å². The van der Waals surface area contributed by atoms with Crippen molar-refractivity contribution >= 4 is 33.6 Å². The van der Waals surface area contributed by atoms with E-state index in [1.807, 2.05) is 35.0 Å². The highest BCUT2D eigenvalue weighted by atomic mass is 16.5. The number of benzene rings is 1. The number of aromatic nitrogens is 4. The van der Waals surface area contributed by atoms with Crippen LogP contribution >= 0.6 is 0 Å². The molecule has 6 rings (SSSR count). The minimum Gasteiger partial charge on any atom is -0.493 e. The molecule has 0 unspecified atom stereocenters. The number of rotatable bonds is 5. The highest BCUT2D eigenvalue weighted by Crippen LogP contribution is 2.64. The van der Waals surface area contributed by atoms with Crippen LogP contribution in [0.25, 0.3) is 21.9 Å². The summed E-state index contributed by atoms with van der Waals surface area (Å²) in [4.78, 5) is 13.0. The number of pyridine rings is 1. The molecule has 2 aliphatic rings. The molecule has 9 nitrogen and oxygen atoms in total. The molecule has 2 saturated carbocycles.